The van der Waals surface area contributed by atoms with Crippen LogP contribution < -0.4 is 33.8 Å². The van der Waals surface area contributed by atoms with E-state index in [1.165, 1.54) is 71.1 Å². The van der Waals surface area contributed by atoms with Gasteiger partial charge in [-0.15, -0.1) is 0 Å². The highest BCUT2D eigenvalue weighted by Gasteiger charge is 2.20. The smallest absolute Gasteiger partial charge is 0.343 e. The topological polar surface area (TPSA) is 157 Å². The lowest BCUT2D eigenvalue weighted by molar-refractivity contribution is -0.385. The largest absolute Gasteiger partial charge is 0.493 e. The molecule has 3 aromatic rings. The molecule has 0 heterocycles. The highest BCUT2D eigenvalue weighted by molar-refractivity contribution is 9.10. The molecule has 0 atom stereocenters. The van der Waals surface area contributed by atoms with Crippen LogP contribution in [0.25, 0.3) is 0 Å². The van der Waals surface area contributed by atoms with E-state index in [1.807, 2.05) is 0 Å². The lowest BCUT2D eigenvalue weighted by Crippen LogP contribution is -2.24. The monoisotopic (exact) mass is 617 g/mol. The number of non-ortho nitro benzene ring substituents is 1. The fraction of sp³-hybridized carbons (Fsp3) is 0.192. The predicted octanol–water partition coefficient (Wildman–Crippen LogP) is 4.14. The molecule has 0 saturated heterocycles. The van der Waals surface area contributed by atoms with Gasteiger partial charge in [0.15, 0.2) is 29.6 Å². The number of benzene rings is 3. The lowest BCUT2D eigenvalue weighted by Gasteiger charge is -2.14. The summed E-state index contributed by atoms with van der Waals surface area (Å²) in [6.45, 7) is -0.382. The second-order valence-electron chi connectivity index (χ2n) is 7.67. The third kappa shape index (κ3) is 7.38. The number of carbonyl (C=O) groups is 2. The van der Waals surface area contributed by atoms with Crippen molar-refractivity contribution in [2.75, 3.05) is 35.0 Å². The number of nitrogens with zero attached hydrogens (tertiary/aromatic N) is 2. The van der Waals surface area contributed by atoms with E-state index in [2.05, 4.69) is 26.5 Å². The molecule has 0 spiro atoms. The normalized spacial score (nSPS) is 10.5. The molecule has 3 aromatic carbocycles. The van der Waals surface area contributed by atoms with Crippen LogP contribution in [0.1, 0.15) is 15.9 Å². The summed E-state index contributed by atoms with van der Waals surface area (Å²) in [5, 5.41) is 14.7. The minimum atomic E-state index is -0.689. The third-order valence-corrected chi connectivity index (χ3v) is 5.80. The van der Waals surface area contributed by atoms with E-state index in [-0.39, 0.29) is 35.1 Å². The molecule has 0 aromatic heterocycles. The average molecular weight is 618 g/mol. The summed E-state index contributed by atoms with van der Waals surface area (Å²) in [5.74, 6) is 0.300. The SMILES string of the molecule is COc1cc(/C=N/NC(=O)COc2ccc([N+](=O)[O-])cc2Br)ccc1OC(=O)c1cc(OC)c(OC)c(OC)c1. The summed E-state index contributed by atoms with van der Waals surface area (Å²) in [4.78, 5) is 35.2. The van der Waals surface area contributed by atoms with Crippen LogP contribution in [-0.4, -0.2) is 58.1 Å². The molecule has 13 nitrogen and oxygen atoms in total. The van der Waals surface area contributed by atoms with Crippen LogP contribution >= 0.6 is 15.9 Å². The zero-order valence-electron chi connectivity index (χ0n) is 21.8. The maximum atomic E-state index is 12.8. The summed E-state index contributed by atoms with van der Waals surface area (Å²) in [6.07, 6.45) is 1.35. The number of amides is 1. The van der Waals surface area contributed by atoms with Gasteiger partial charge >= 0.3 is 5.97 Å². The van der Waals surface area contributed by atoms with Crippen LogP contribution in [0.3, 0.4) is 0 Å². The van der Waals surface area contributed by atoms with Gasteiger partial charge < -0.3 is 28.4 Å². The van der Waals surface area contributed by atoms with Gasteiger partial charge in [0.25, 0.3) is 11.6 Å². The Hall–Kier alpha value is -4.85. The molecule has 0 aliphatic carbocycles. The average Bonchev–Trinajstić information content (AvgIpc) is 2.96. The van der Waals surface area contributed by atoms with Crippen LogP contribution in [0.5, 0.6) is 34.5 Å². The molecule has 1 N–H and O–H groups in total. The number of ether oxygens (including phenoxy) is 6. The molecule has 3 rings (SSSR count). The van der Waals surface area contributed by atoms with E-state index in [9.17, 15) is 19.7 Å². The number of carbonyl (C=O) groups excluding carboxylic acids is 2. The van der Waals surface area contributed by atoms with E-state index in [1.54, 1.807) is 12.1 Å². The van der Waals surface area contributed by atoms with Crippen molar-refractivity contribution in [3.8, 4) is 34.5 Å². The third-order valence-electron chi connectivity index (χ3n) is 5.18. The minimum Gasteiger partial charge on any atom is -0.493 e. The molecule has 14 heteroatoms. The second-order valence-corrected chi connectivity index (χ2v) is 8.52. The van der Waals surface area contributed by atoms with Crippen LogP contribution in [0.4, 0.5) is 5.69 Å². The number of nitro benzene ring substituents is 1. The highest BCUT2D eigenvalue weighted by Crippen LogP contribution is 2.39. The molecule has 0 fully saturated rings. The Labute approximate surface area is 236 Å². The van der Waals surface area contributed by atoms with Crippen LogP contribution in [0.15, 0.2) is 58.1 Å². The Kier molecular flexibility index (Phi) is 10.2. The van der Waals surface area contributed by atoms with E-state index < -0.39 is 16.8 Å². The van der Waals surface area contributed by atoms with Gasteiger partial charge in [-0.3, -0.25) is 14.9 Å². The number of halogens is 1. The van der Waals surface area contributed by atoms with Crippen molar-refractivity contribution in [1.82, 2.24) is 5.43 Å². The van der Waals surface area contributed by atoms with Crippen molar-refractivity contribution in [2.45, 2.75) is 0 Å². The van der Waals surface area contributed by atoms with Crippen LogP contribution in [0, 0.1) is 10.1 Å². The number of rotatable bonds is 12. The summed E-state index contributed by atoms with van der Waals surface area (Å²) >= 11 is 3.16. The Morgan fingerprint density at radius 2 is 1.55 bits per heavy atom. The standard InChI is InChI=1S/C26H24BrN3O10/c1-35-21-9-15(13-28-29-24(31)14-39-19-8-6-17(30(33)34)12-18(19)27)5-7-20(21)40-26(32)16-10-22(36-2)25(38-4)23(11-16)37-3/h5-13H,14H2,1-4H3,(H,29,31)/b28-13+. The van der Waals surface area contributed by atoms with Gasteiger partial charge in [0.1, 0.15) is 5.75 Å². The van der Waals surface area contributed by atoms with Gasteiger partial charge in [0.05, 0.1) is 49.6 Å². The zero-order valence-corrected chi connectivity index (χ0v) is 23.3. The van der Waals surface area contributed by atoms with Gasteiger partial charge in [-0.1, -0.05) is 0 Å². The molecule has 0 unspecified atom stereocenters. The molecule has 40 heavy (non-hydrogen) atoms. The number of hydrogen-bond acceptors (Lipinski definition) is 11. The van der Waals surface area contributed by atoms with Crippen molar-refractivity contribution in [3.63, 3.8) is 0 Å². The Morgan fingerprint density at radius 1 is 0.900 bits per heavy atom. The first-order valence-corrected chi connectivity index (χ1v) is 12.1. The van der Waals surface area contributed by atoms with Crippen LogP contribution in [-0.2, 0) is 4.79 Å². The molecular formula is C26H24BrN3O10. The fourth-order valence-electron chi connectivity index (χ4n) is 3.28. The molecule has 1 amide bonds. The minimum absolute atomic E-state index is 0.120. The van der Waals surface area contributed by atoms with E-state index in [0.29, 0.717) is 27.3 Å². The Morgan fingerprint density at radius 3 is 2.12 bits per heavy atom. The fourth-order valence-corrected chi connectivity index (χ4v) is 3.76. The number of esters is 1. The lowest BCUT2D eigenvalue weighted by atomic mass is 10.1. The number of methoxy groups -OCH3 is 4. The van der Waals surface area contributed by atoms with Gasteiger partial charge in [0, 0.05) is 12.1 Å². The van der Waals surface area contributed by atoms with Crippen molar-refractivity contribution < 1.29 is 42.9 Å². The molecule has 0 bridgehead atoms. The van der Waals surface area contributed by atoms with Gasteiger partial charge in [-0.25, -0.2) is 10.2 Å². The maximum Gasteiger partial charge on any atom is 0.343 e. The first-order valence-electron chi connectivity index (χ1n) is 11.3. The highest BCUT2D eigenvalue weighted by atomic mass is 79.9. The molecule has 0 aliphatic heterocycles. The van der Waals surface area contributed by atoms with E-state index in [4.69, 9.17) is 28.4 Å². The Balaban J connectivity index is 1.63. The predicted molar refractivity (Wildman–Crippen MR) is 146 cm³/mol. The number of nitrogens with one attached hydrogen (secondary N) is 1. The number of hydrazone groups is 1. The van der Waals surface area contributed by atoms with E-state index in [0.717, 1.165) is 0 Å². The van der Waals surface area contributed by atoms with Gasteiger partial charge in [-0.05, 0) is 57.9 Å². The first-order chi connectivity index (χ1) is 19.2. The summed E-state index contributed by atoms with van der Waals surface area (Å²) < 4.78 is 32.4. The molecule has 0 radical (unpaired) electrons. The molecule has 210 valence electrons. The number of nitro groups is 1. The second kappa shape index (κ2) is 13.8. The van der Waals surface area contributed by atoms with Crippen LogP contribution in [0.2, 0.25) is 0 Å². The van der Waals surface area contributed by atoms with Crippen molar-refractivity contribution in [2.24, 2.45) is 5.10 Å². The summed E-state index contributed by atoms with van der Waals surface area (Å²) in [6, 6.07) is 11.5. The first kappa shape index (κ1) is 29.7. The van der Waals surface area contributed by atoms with Crippen molar-refractivity contribution in [3.05, 3.63) is 74.2 Å². The van der Waals surface area contributed by atoms with E-state index >= 15 is 0 Å². The quantitative estimate of drug-likeness (QED) is 0.103. The Bertz CT molecular complexity index is 1420. The van der Waals surface area contributed by atoms with Gasteiger partial charge in [-0.2, -0.15) is 5.10 Å². The summed E-state index contributed by atoms with van der Waals surface area (Å²) in [5.41, 5.74) is 2.88. The molecular weight excluding hydrogens is 594 g/mol. The maximum absolute atomic E-state index is 12.8. The molecule has 0 aliphatic rings. The summed E-state index contributed by atoms with van der Waals surface area (Å²) in [7, 11) is 5.73. The molecule has 0 saturated carbocycles. The number of hydrogen-bond donors (Lipinski definition) is 1. The van der Waals surface area contributed by atoms with Crippen molar-refractivity contribution in [1.29, 1.82) is 0 Å². The zero-order chi connectivity index (χ0) is 29.2. The van der Waals surface area contributed by atoms with Gasteiger partial charge in [0.2, 0.25) is 5.75 Å². The van der Waals surface area contributed by atoms with Crippen molar-refractivity contribution >= 4 is 39.7 Å².